The Morgan fingerprint density at radius 1 is 1.15 bits per heavy atom. The second-order valence-electron chi connectivity index (χ2n) is 8.78. The van der Waals surface area contributed by atoms with Crippen LogP contribution in [0.3, 0.4) is 0 Å². The molecule has 0 aromatic heterocycles. The van der Waals surface area contributed by atoms with E-state index < -0.39 is 5.97 Å². The Hall–Kier alpha value is -1.14. The molecule has 1 atom stereocenters. The van der Waals surface area contributed by atoms with Crippen molar-refractivity contribution in [2.24, 2.45) is 17.3 Å². The molecule has 1 spiro atoms. The Morgan fingerprint density at radius 3 is 2.48 bits per heavy atom. The van der Waals surface area contributed by atoms with Gasteiger partial charge < -0.3 is 19.6 Å². The smallest absolute Gasteiger partial charge is 0.308 e. The van der Waals surface area contributed by atoms with E-state index in [2.05, 4.69) is 4.90 Å². The Labute approximate surface area is 163 Å². The number of hydrogen-bond donors (Lipinski definition) is 1. The molecule has 27 heavy (non-hydrogen) atoms. The van der Waals surface area contributed by atoms with Gasteiger partial charge in [-0.1, -0.05) is 19.3 Å². The van der Waals surface area contributed by atoms with Gasteiger partial charge in [0.15, 0.2) is 0 Å². The maximum Gasteiger partial charge on any atom is 0.308 e. The molecule has 1 N–H and O–H groups in total. The molecule has 2 heterocycles. The van der Waals surface area contributed by atoms with Gasteiger partial charge in [0, 0.05) is 44.7 Å². The third-order valence-corrected chi connectivity index (χ3v) is 7.03. The number of ether oxygens (including phenoxy) is 1. The first-order valence-corrected chi connectivity index (χ1v) is 10.8. The monoisotopic (exact) mass is 380 g/mol. The molecule has 3 aliphatic rings. The summed E-state index contributed by atoms with van der Waals surface area (Å²) in [6.45, 7) is 7.05. The Bertz CT molecular complexity index is 510. The molecule has 154 valence electrons. The zero-order valence-electron chi connectivity index (χ0n) is 16.8. The van der Waals surface area contributed by atoms with Crippen LogP contribution in [0, 0.1) is 17.3 Å². The normalized spacial score (nSPS) is 26.6. The largest absolute Gasteiger partial charge is 0.481 e. The Kier molecular flexibility index (Phi) is 7.15. The molecule has 6 heteroatoms. The van der Waals surface area contributed by atoms with Gasteiger partial charge >= 0.3 is 5.97 Å². The molecule has 2 aliphatic heterocycles. The molecule has 0 aromatic rings. The average molecular weight is 381 g/mol. The molecule has 0 radical (unpaired) electrons. The highest BCUT2D eigenvalue weighted by Gasteiger charge is 2.51. The number of carboxylic acids is 1. The Morgan fingerprint density at radius 2 is 1.85 bits per heavy atom. The number of likely N-dealkylation sites (tertiary alicyclic amines) is 2. The van der Waals surface area contributed by atoms with Crippen LogP contribution >= 0.6 is 0 Å². The van der Waals surface area contributed by atoms with Gasteiger partial charge in [-0.2, -0.15) is 0 Å². The van der Waals surface area contributed by atoms with Crippen LogP contribution in [0.1, 0.15) is 58.3 Å². The molecule has 3 fully saturated rings. The van der Waals surface area contributed by atoms with Crippen molar-refractivity contribution < 1.29 is 19.4 Å². The molecular weight excluding hydrogens is 344 g/mol. The first kappa shape index (κ1) is 20.6. The second-order valence-corrected chi connectivity index (χ2v) is 8.78. The standard InChI is InChI=1S/C21H36N2O4/c1-2-27-13-8-19(24)23-11-9-21(10-12-23)16-22(15-18(21)20(25)26)14-17-6-4-3-5-7-17/h17-18H,2-16H2,1H3,(H,25,26). The van der Waals surface area contributed by atoms with E-state index in [1.54, 1.807) is 0 Å². The van der Waals surface area contributed by atoms with Gasteiger partial charge in [0.1, 0.15) is 0 Å². The fraction of sp³-hybridized carbons (Fsp3) is 0.905. The summed E-state index contributed by atoms with van der Waals surface area (Å²) in [6, 6.07) is 0. The van der Waals surface area contributed by atoms with E-state index in [1.165, 1.54) is 32.1 Å². The number of aliphatic carboxylic acids is 1. The summed E-state index contributed by atoms with van der Waals surface area (Å²) in [5.41, 5.74) is -0.156. The lowest BCUT2D eigenvalue weighted by molar-refractivity contribution is -0.146. The molecule has 1 amide bonds. The van der Waals surface area contributed by atoms with Crippen molar-refractivity contribution >= 4 is 11.9 Å². The van der Waals surface area contributed by atoms with E-state index >= 15 is 0 Å². The minimum atomic E-state index is -0.655. The van der Waals surface area contributed by atoms with E-state index in [0.29, 0.717) is 39.3 Å². The highest BCUT2D eigenvalue weighted by molar-refractivity contribution is 5.76. The van der Waals surface area contributed by atoms with E-state index in [9.17, 15) is 14.7 Å². The van der Waals surface area contributed by atoms with Crippen molar-refractivity contribution in [1.82, 2.24) is 9.80 Å². The SMILES string of the molecule is CCOCCC(=O)N1CCC2(CC1)CN(CC1CCCCC1)CC2C(=O)O. The van der Waals surface area contributed by atoms with Crippen LogP contribution in [0.25, 0.3) is 0 Å². The van der Waals surface area contributed by atoms with Gasteiger partial charge in [-0.05, 0) is 38.5 Å². The topological polar surface area (TPSA) is 70.1 Å². The van der Waals surface area contributed by atoms with Crippen LogP contribution < -0.4 is 0 Å². The molecular formula is C21H36N2O4. The quantitative estimate of drug-likeness (QED) is 0.688. The first-order chi connectivity index (χ1) is 13.0. The number of amides is 1. The van der Waals surface area contributed by atoms with Crippen molar-refractivity contribution in [3.8, 4) is 0 Å². The predicted molar refractivity (Wildman–Crippen MR) is 103 cm³/mol. The first-order valence-electron chi connectivity index (χ1n) is 10.8. The molecule has 1 saturated carbocycles. The van der Waals surface area contributed by atoms with Crippen LogP contribution in [-0.2, 0) is 14.3 Å². The van der Waals surface area contributed by atoms with Crippen LogP contribution in [0.2, 0.25) is 0 Å². The summed E-state index contributed by atoms with van der Waals surface area (Å²) in [7, 11) is 0. The molecule has 0 bridgehead atoms. The Balaban J connectivity index is 1.55. The van der Waals surface area contributed by atoms with Crippen molar-refractivity contribution in [2.45, 2.75) is 58.3 Å². The molecule has 0 aromatic carbocycles. The number of carbonyl (C=O) groups is 2. The fourth-order valence-electron chi connectivity index (χ4n) is 5.46. The van der Waals surface area contributed by atoms with Crippen molar-refractivity contribution in [2.75, 3.05) is 45.9 Å². The highest BCUT2D eigenvalue weighted by Crippen LogP contribution is 2.45. The summed E-state index contributed by atoms with van der Waals surface area (Å²) >= 11 is 0. The lowest BCUT2D eigenvalue weighted by atomic mass is 9.71. The minimum absolute atomic E-state index is 0.141. The van der Waals surface area contributed by atoms with Gasteiger partial charge in [0.2, 0.25) is 5.91 Å². The zero-order valence-corrected chi connectivity index (χ0v) is 16.8. The molecule has 6 nitrogen and oxygen atoms in total. The maximum absolute atomic E-state index is 12.3. The third-order valence-electron chi connectivity index (χ3n) is 7.03. The number of piperidine rings is 1. The number of hydrogen-bond acceptors (Lipinski definition) is 4. The van der Waals surface area contributed by atoms with Crippen LogP contribution in [0.15, 0.2) is 0 Å². The molecule has 3 rings (SSSR count). The summed E-state index contributed by atoms with van der Waals surface area (Å²) in [5, 5.41) is 9.85. The van der Waals surface area contributed by atoms with E-state index in [0.717, 1.165) is 31.8 Å². The number of nitrogens with zero attached hydrogens (tertiary/aromatic N) is 2. The fourth-order valence-corrected chi connectivity index (χ4v) is 5.46. The summed E-state index contributed by atoms with van der Waals surface area (Å²) in [5.74, 6) is -0.0650. The van der Waals surface area contributed by atoms with Gasteiger partial charge in [-0.15, -0.1) is 0 Å². The minimum Gasteiger partial charge on any atom is -0.481 e. The van der Waals surface area contributed by atoms with E-state index in [-0.39, 0.29) is 17.2 Å². The number of carboxylic acid groups (broad SMARTS) is 1. The van der Waals surface area contributed by atoms with Gasteiger partial charge in [-0.25, -0.2) is 0 Å². The molecule has 1 unspecified atom stereocenters. The predicted octanol–water partition coefficient (Wildman–Crippen LogP) is 2.62. The van der Waals surface area contributed by atoms with E-state index in [4.69, 9.17) is 4.74 Å². The zero-order chi connectivity index (χ0) is 19.3. The number of carbonyl (C=O) groups excluding carboxylic acids is 1. The van der Waals surface area contributed by atoms with E-state index in [1.807, 2.05) is 11.8 Å². The van der Waals surface area contributed by atoms with Crippen molar-refractivity contribution in [3.63, 3.8) is 0 Å². The van der Waals surface area contributed by atoms with Crippen LogP contribution in [0.4, 0.5) is 0 Å². The lowest BCUT2D eigenvalue weighted by Gasteiger charge is -2.41. The lowest BCUT2D eigenvalue weighted by Crippen LogP contribution is -2.48. The second kappa shape index (κ2) is 9.37. The van der Waals surface area contributed by atoms with Crippen molar-refractivity contribution in [3.05, 3.63) is 0 Å². The third kappa shape index (κ3) is 5.02. The van der Waals surface area contributed by atoms with Crippen molar-refractivity contribution in [1.29, 1.82) is 0 Å². The summed E-state index contributed by atoms with van der Waals surface area (Å²) < 4.78 is 5.29. The van der Waals surface area contributed by atoms with Gasteiger partial charge in [-0.3, -0.25) is 9.59 Å². The molecule has 2 saturated heterocycles. The van der Waals surface area contributed by atoms with Crippen LogP contribution in [-0.4, -0.2) is 72.7 Å². The number of rotatable bonds is 7. The summed E-state index contributed by atoms with van der Waals surface area (Å²) in [6.07, 6.45) is 8.64. The maximum atomic E-state index is 12.3. The van der Waals surface area contributed by atoms with Crippen LogP contribution in [0.5, 0.6) is 0 Å². The average Bonchev–Trinajstić information content (AvgIpc) is 3.01. The van der Waals surface area contributed by atoms with Gasteiger partial charge in [0.25, 0.3) is 0 Å². The summed E-state index contributed by atoms with van der Waals surface area (Å²) in [4.78, 5) is 28.6. The van der Waals surface area contributed by atoms with Gasteiger partial charge in [0.05, 0.1) is 18.9 Å². The molecule has 1 aliphatic carbocycles. The highest BCUT2D eigenvalue weighted by atomic mass is 16.5.